The molecular formula is C10H10Br2F3N. The SMILES string of the molecule is NC(CCC(F)(F)F)c1cc(Br)ccc1Br. The van der Waals surface area contributed by atoms with Gasteiger partial charge in [0.15, 0.2) is 0 Å². The highest BCUT2D eigenvalue weighted by Crippen LogP contribution is 2.31. The second kappa shape index (κ2) is 5.51. The van der Waals surface area contributed by atoms with Gasteiger partial charge in [0.25, 0.3) is 0 Å². The molecule has 1 nitrogen and oxygen atoms in total. The summed E-state index contributed by atoms with van der Waals surface area (Å²) in [7, 11) is 0. The van der Waals surface area contributed by atoms with E-state index in [9.17, 15) is 13.2 Å². The first-order valence-corrected chi connectivity index (χ1v) is 6.15. The Balaban J connectivity index is 2.73. The van der Waals surface area contributed by atoms with Gasteiger partial charge in [0, 0.05) is 21.4 Å². The average Bonchev–Trinajstić information content (AvgIpc) is 2.17. The molecule has 6 heteroatoms. The van der Waals surface area contributed by atoms with E-state index in [0.717, 1.165) is 8.95 Å². The van der Waals surface area contributed by atoms with Crippen molar-refractivity contribution < 1.29 is 13.2 Å². The maximum Gasteiger partial charge on any atom is 0.389 e. The summed E-state index contributed by atoms with van der Waals surface area (Å²) in [6, 6.07) is 4.66. The predicted molar refractivity (Wildman–Crippen MR) is 64.1 cm³/mol. The number of hydrogen-bond acceptors (Lipinski definition) is 1. The van der Waals surface area contributed by atoms with Gasteiger partial charge in [0.05, 0.1) is 0 Å². The molecule has 0 aromatic heterocycles. The van der Waals surface area contributed by atoms with Crippen LogP contribution in [0.2, 0.25) is 0 Å². The third-order valence-corrected chi connectivity index (χ3v) is 3.31. The van der Waals surface area contributed by atoms with E-state index in [-0.39, 0.29) is 6.42 Å². The predicted octanol–water partition coefficient (Wildman–Crippen LogP) is 4.55. The van der Waals surface area contributed by atoms with Gasteiger partial charge in [-0.15, -0.1) is 0 Å². The van der Waals surface area contributed by atoms with Gasteiger partial charge in [-0.3, -0.25) is 0 Å². The third-order valence-electron chi connectivity index (χ3n) is 2.10. The summed E-state index contributed by atoms with van der Waals surface area (Å²) in [4.78, 5) is 0. The Kier molecular flexibility index (Phi) is 4.82. The van der Waals surface area contributed by atoms with Crippen LogP contribution in [0.1, 0.15) is 24.4 Å². The van der Waals surface area contributed by atoms with Crippen LogP contribution in [0.15, 0.2) is 27.1 Å². The van der Waals surface area contributed by atoms with Crippen molar-refractivity contribution in [3.8, 4) is 0 Å². The molecule has 1 aromatic carbocycles. The minimum Gasteiger partial charge on any atom is -0.324 e. The largest absolute Gasteiger partial charge is 0.389 e. The molecule has 0 aliphatic rings. The second-order valence-corrected chi connectivity index (χ2v) is 5.20. The molecule has 0 saturated heterocycles. The summed E-state index contributed by atoms with van der Waals surface area (Å²) in [6.07, 6.45) is -5.14. The fraction of sp³-hybridized carbons (Fsp3) is 0.400. The molecule has 0 saturated carbocycles. The maximum absolute atomic E-state index is 12.0. The van der Waals surface area contributed by atoms with Crippen LogP contribution in [-0.4, -0.2) is 6.18 Å². The smallest absolute Gasteiger partial charge is 0.324 e. The van der Waals surface area contributed by atoms with Crippen LogP contribution in [0.3, 0.4) is 0 Å². The lowest BCUT2D eigenvalue weighted by Gasteiger charge is -2.15. The van der Waals surface area contributed by atoms with Crippen LogP contribution >= 0.6 is 31.9 Å². The van der Waals surface area contributed by atoms with Crippen molar-refractivity contribution in [2.24, 2.45) is 5.73 Å². The fourth-order valence-corrected chi connectivity index (χ4v) is 2.19. The first-order valence-electron chi connectivity index (χ1n) is 4.57. The highest BCUT2D eigenvalue weighted by molar-refractivity contribution is 9.11. The molecule has 0 bridgehead atoms. The zero-order chi connectivity index (χ0) is 12.3. The lowest BCUT2D eigenvalue weighted by atomic mass is 10.0. The molecule has 0 spiro atoms. The Labute approximate surface area is 108 Å². The molecule has 1 unspecified atom stereocenters. The summed E-state index contributed by atoms with van der Waals surface area (Å²) in [5.41, 5.74) is 6.40. The van der Waals surface area contributed by atoms with E-state index in [4.69, 9.17) is 5.73 Å². The topological polar surface area (TPSA) is 26.0 Å². The molecule has 0 fully saturated rings. The molecule has 0 aliphatic carbocycles. The molecule has 2 N–H and O–H groups in total. The first kappa shape index (κ1) is 14.0. The lowest BCUT2D eigenvalue weighted by molar-refractivity contribution is -0.136. The van der Waals surface area contributed by atoms with Gasteiger partial charge in [-0.25, -0.2) is 0 Å². The van der Waals surface area contributed by atoms with Gasteiger partial charge in [-0.05, 0) is 30.2 Å². The Morgan fingerprint density at radius 1 is 1.25 bits per heavy atom. The van der Waals surface area contributed by atoms with E-state index in [0.29, 0.717) is 5.56 Å². The second-order valence-electron chi connectivity index (χ2n) is 3.43. The normalized spacial score (nSPS) is 13.9. The summed E-state index contributed by atoms with van der Waals surface area (Å²) in [5, 5.41) is 0. The minimum atomic E-state index is -4.16. The minimum absolute atomic E-state index is 0.113. The number of rotatable bonds is 3. The van der Waals surface area contributed by atoms with Gasteiger partial charge in [-0.2, -0.15) is 13.2 Å². The van der Waals surface area contributed by atoms with Crippen molar-refractivity contribution in [3.63, 3.8) is 0 Å². The summed E-state index contributed by atoms with van der Waals surface area (Å²) in [5.74, 6) is 0. The zero-order valence-electron chi connectivity index (χ0n) is 8.19. The maximum atomic E-state index is 12.0. The van der Waals surface area contributed by atoms with E-state index in [2.05, 4.69) is 31.9 Å². The first-order chi connectivity index (χ1) is 7.29. The molecule has 0 heterocycles. The number of halogens is 5. The summed E-state index contributed by atoms with van der Waals surface area (Å²) >= 11 is 6.53. The average molecular weight is 361 g/mol. The van der Waals surface area contributed by atoms with Crippen LogP contribution in [0, 0.1) is 0 Å². The highest BCUT2D eigenvalue weighted by Gasteiger charge is 2.28. The summed E-state index contributed by atoms with van der Waals surface area (Å²) in [6.45, 7) is 0. The van der Waals surface area contributed by atoms with Gasteiger partial charge in [-0.1, -0.05) is 31.9 Å². The third kappa shape index (κ3) is 4.43. The summed E-state index contributed by atoms with van der Waals surface area (Å²) < 4.78 is 37.6. The Hall–Kier alpha value is -0.0700. The van der Waals surface area contributed by atoms with Crippen molar-refractivity contribution in [1.29, 1.82) is 0 Å². The van der Waals surface area contributed by atoms with Crippen LogP contribution in [0.4, 0.5) is 13.2 Å². The monoisotopic (exact) mass is 359 g/mol. The molecule has 0 radical (unpaired) electrons. The van der Waals surface area contributed by atoms with Crippen molar-refractivity contribution in [1.82, 2.24) is 0 Å². The van der Waals surface area contributed by atoms with E-state index >= 15 is 0 Å². The molecule has 0 aliphatic heterocycles. The van der Waals surface area contributed by atoms with Crippen molar-refractivity contribution >= 4 is 31.9 Å². The van der Waals surface area contributed by atoms with E-state index in [1.807, 2.05) is 0 Å². The van der Waals surface area contributed by atoms with Gasteiger partial charge in [0.1, 0.15) is 0 Å². The highest BCUT2D eigenvalue weighted by atomic mass is 79.9. The van der Waals surface area contributed by atoms with Crippen LogP contribution < -0.4 is 5.73 Å². The Morgan fingerprint density at radius 3 is 2.44 bits per heavy atom. The molecule has 1 rings (SSSR count). The van der Waals surface area contributed by atoms with Crippen LogP contribution in [-0.2, 0) is 0 Å². The van der Waals surface area contributed by atoms with Crippen LogP contribution in [0.25, 0.3) is 0 Å². The number of nitrogens with two attached hydrogens (primary N) is 1. The van der Waals surface area contributed by atoms with Crippen molar-refractivity contribution in [3.05, 3.63) is 32.7 Å². The lowest BCUT2D eigenvalue weighted by Crippen LogP contribution is -2.16. The van der Waals surface area contributed by atoms with Crippen molar-refractivity contribution in [2.45, 2.75) is 25.1 Å². The molecule has 0 amide bonds. The van der Waals surface area contributed by atoms with Gasteiger partial charge >= 0.3 is 6.18 Å². The van der Waals surface area contributed by atoms with Crippen molar-refractivity contribution in [2.75, 3.05) is 0 Å². The molecule has 90 valence electrons. The standard InChI is InChI=1S/C10H10Br2F3N/c11-6-1-2-8(12)7(5-6)9(16)3-4-10(13,14)15/h1-2,5,9H,3-4,16H2. The number of hydrogen-bond donors (Lipinski definition) is 1. The van der Waals surface area contributed by atoms with Crippen LogP contribution in [0.5, 0.6) is 0 Å². The fourth-order valence-electron chi connectivity index (χ4n) is 1.27. The molecule has 1 aromatic rings. The molecular weight excluding hydrogens is 351 g/mol. The molecule has 16 heavy (non-hydrogen) atoms. The quantitative estimate of drug-likeness (QED) is 0.840. The molecule has 1 atom stereocenters. The Bertz CT molecular complexity index is 366. The van der Waals surface area contributed by atoms with E-state index < -0.39 is 18.6 Å². The Morgan fingerprint density at radius 2 is 1.88 bits per heavy atom. The van der Waals surface area contributed by atoms with Gasteiger partial charge < -0.3 is 5.73 Å². The number of benzene rings is 1. The number of alkyl halides is 3. The van der Waals surface area contributed by atoms with E-state index in [1.165, 1.54) is 0 Å². The van der Waals surface area contributed by atoms with Gasteiger partial charge in [0.2, 0.25) is 0 Å². The zero-order valence-corrected chi connectivity index (χ0v) is 11.4. The van der Waals surface area contributed by atoms with E-state index in [1.54, 1.807) is 18.2 Å².